The van der Waals surface area contributed by atoms with Gasteiger partial charge in [-0.2, -0.15) is 0 Å². The molecule has 0 fully saturated rings. The average Bonchev–Trinajstić information content (AvgIpc) is 2.75. The van der Waals surface area contributed by atoms with Crippen molar-refractivity contribution in [2.24, 2.45) is 0 Å². The highest BCUT2D eigenvalue weighted by atomic mass is 19.1. The minimum atomic E-state index is -0.781. The number of rotatable bonds is 9. The highest BCUT2D eigenvalue weighted by molar-refractivity contribution is 5.90. The van der Waals surface area contributed by atoms with E-state index < -0.39 is 36.2 Å². The summed E-state index contributed by atoms with van der Waals surface area (Å²) in [4.78, 5) is 23.9. The topological polar surface area (TPSA) is 83.1 Å². The summed E-state index contributed by atoms with van der Waals surface area (Å²) in [7, 11) is 4.43. The molecule has 0 radical (unpaired) electrons. The van der Waals surface area contributed by atoms with Crippen LogP contribution in [0.3, 0.4) is 0 Å². The monoisotopic (exact) mass is 435 g/mol. The summed E-state index contributed by atoms with van der Waals surface area (Å²) in [5.74, 6) is -1.56. The molecular formula is C22H23F2NO6. The van der Waals surface area contributed by atoms with Gasteiger partial charge in [-0.05, 0) is 25.1 Å². The van der Waals surface area contributed by atoms with Crippen LogP contribution in [-0.2, 0) is 14.3 Å². The smallest absolute Gasteiger partial charge is 0.331 e. The molecule has 0 bridgehead atoms. The highest BCUT2D eigenvalue weighted by Gasteiger charge is 2.15. The van der Waals surface area contributed by atoms with Crippen molar-refractivity contribution in [2.75, 3.05) is 27.9 Å². The number of hydrogen-bond donors (Lipinski definition) is 1. The van der Waals surface area contributed by atoms with Gasteiger partial charge in [0.25, 0.3) is 5.91 Å². The van der Waals surface area contributed by atoms with Crippen LogP contribution in [0.5, 0.6) is 17.2 Å². The normalized spacial score (nSPS) is 11.7. The highest BCUT2D eigenvalue weighted by Crippen LogP contribution is 2.35. The van der Waals surface area contributed by atoms with Crippen LogP contribution < -0.4 is 19.5 Å². The molecule has 166 valence electrons. The molecule has 1 unspecified atom stereocenters. The molecule has 2 rings (SSSR count). The van der Waals surface area contributed by atoms with Gasteiger partial charge < -0.3 is 24.3 Å². The quantitative estimate of drug-likeness (QED) is 0.480. The van der Waals surface area contributed by atoms with Crippen LogP contribution in [0.25, 0.3) is 6.08 Å². The second kappa shape index (κ2) is 11.0. The molecule has 0 aromatic heterocycles. The van der Waals surface area contributed by atoms with Gasteiger partial charge >= 0.3 is 5.97 Å². The van der Waals surface area contributed by atoms with E-state index >= 15 is 0 Å². The number of halogens is 2. The molecule has 0 heterocycles. The first-order valence-electron chi connectivity index (χ1n) is 9.18. The Labute approximate surface area is 178 Å². The Balaban J connectivity index is 1.95. The van der Waals surface area contributed by atoms with Crippen molar-refractivity contribution in [2.45, 2.75) is 13.0 Å². The zero-order valence-electron chi connectivity index (χ0n) is 17.5. The first kappa shape index (κ1) is 23.7. The fraction of sp³-hybridized carbons (Fsp3) is 0.273. The van der Waals surface area contributed by atoms with Crippen molar-refractivity contribution < 1.29 is 37.3 Å². The Kier molecular flexibility index (Phi) is 8.36. The summed E-state index contributed by atoms with van der Waals surface area (Å²) < 4.78 is 47.3. The van der Waals surface area contributed by atoms with Crippen molar-refractivity contribution >= 4 is 18.0 Å². The molecule has 0 aliphatic rings. The molecule has 7 nitrogen and oxygen atoms in total. The van der Waals surface area contributed by atoms with E-state index in [4.69, 9.17) is 18.9 Å². The van der Waals surface area contributed by atoms with Gasteiger partial charge in [-0.1, -0.05) is 6.07 Å². The fourth-order valence-electron chi connectivity index (χ4n) is 2.74. The number of esters is 1. The molecule has 1 N–H and O–H groups in total. The van der Waals surface area contributed by atoms with Crippen molar-refractivity contribution in [1.29, 1.82) is 0 Å². The number of carbonyl (C=O) groups is 2. The van der Waals surface area contributed by atoms with E-state index in [-0.39, 0.29) is 5.56 Å². The van der Waals surface area contributed by atoms with Gasteiger partial charge in [0.15, 0.2) is 18.1 Å². The maximum Gasteiger partial charge on any atom is 0.331 e. The Morgan fingerprint density at radius 3 is 2.26 bits per heavy atom. The molecule has 0 spiro atoms. The lowest BCUT2D eigenvalue weighted by Gasteiger charge is -2.15. The Morgan fingerprint density at radius 1 is 1.00 bits per heavy atom. The minimum absolute atomic E-state index is 0.113. The predicted octanol–water partition coefficient (Wildman–Crippen LogP) is 3.42. The lowest BCUT2D eigenvalue weighted by atomic mass is 10.1. The molecule has 1 atom stereocenters. The maximum absolute atomic E-state index is 13.8. The summed E-state index contributed by atoms with van der Waals surface area (Å²) >= 11 is 0. The molecule has 31 heavy (non-hydrogen) atoms. The van der Waals surface area contributed by atoms with Crippen LogP contribution in [0.1, 0.15) is 24.1 Å². The molecule has 0 saturated heterocycles. The molecule has 0 aliphatic carbocycles. The summed E-state index contributed by atoms with van der Waals surface area (Å²) in [5.41, 5.74) is 0.642. The van der Waals surface area contributed by atoms with E-state index in [1.165, 1.54) is 40.4 Å². The van der Waals surface area contributed by atoms with Crippen LogP contribution in [0, 0.1) is 11.6 Å². The first-order chi connectivity index (χ1) is 14.8. The third-order valence-electron chi connectivity index (χ3n) is 4.29. The number of ether oxygens (including phenoxy) is 4. The molecular weight excluding hydrogens is 412 g/mol. The Hall–Kier alpha value is -3.62. The second-order valence-electron chi connectivity index (χ2n) is 6.35. The number of carbonyl (C=O) groups excluding carboxylic acids is 2. The molecule has 2 aromatic carbocycles. The van der Waals surface area contributed by atoms with E-state index in [1.807, 2.05) is 0 Å². The van der Waals surface area contributed by atoms with Gasteiger partial charge in [-0.3, -0.25) is 4.79 Å². The summed E-state index contributed by atoms with van der Waals surface area (Å²) in [6.45, 7) is 0.957. The Morgan fingerprint density at radius 2 is 1.65 bits per heavy atom. The minimum Gasteiger partial charge on any atom is -0.496 e. The van der Waals surface area contributed by atoms with Crippen molar-refractivity contribution in [3.05, 3.63) is 59.2 Å². The summed E-state index contributed by atoms with van der Waals surface area (Å²) in [6.07, 6.45) is 2.57. The largest absolute Gasteiger partial charge is 0.496 e. The molecule has 9 heteroatoms. The number of nitrogens with one attached hydrogen (secondary N) is 1. The SMILES string of the molecule is COc1cc(OC)c(OC)cc1/C=C/C(=O)OCC(=O)NC(C)c1ccc(F)cc1F. The number of hydrogen-bond acceptors (Lipinski definition) is 6. The van der Waals surface area contributed by atoms with E-state index in [1.54, 1.807) is 12.1 Å². The van der Waals surface area contributed by atoms with Crippen LogP contribution in [0.2, 0.25) is 0 Å². The predicted molar refractivity (Wildman–Crippen MR) is 109 cm³/mol. The average molecular weight is 435 g/mol. The van der Waals surface area contributed by atoms with E-state index in [2.05, 4.69) is 5.32 Å². The second-order valence-corrected chi connectivity index (χ2v) is 6.35. The summed E-state index contributed by atoms with van der Waals surface area (Å²) in [5, 5.41) is 2.48. The van der Waals surface area contributed by atoms with Crippen LogP contribution >= 0.6 is 0 Å². The molecule has 0 saturated carbocycles. The van der Waals surface area contributed by atoms with Gasteiger partial charge in [0, 0.05) is 29.3 Å². The zero-order chi connectivity index (χ0) is 23.0. The lowest BCUT2D eigenvalue weighted by molar-refractivity contribution is -0.144. The molecule has 0 aliphatic heterocycles. The molecule has 2 aromatic rings. The fourth-order valence-corrected chi connectivity index (χ4v) is 2.74. The van der Waals surface area contributed by atoms with E-state index in [0.29, 0.717) is 22.8 Å². The number of methoxy groups -OCH3 is 3. The number of amides is 1. The van der Waals surface area contributed by atoms with Gasteiger partial charge in [-0.25, -0.2) is 13.6 Å². The van der Waals surface area contributed by atoms with Gasteiger partial charge in [0.05, 0.1) is 27.4 Å². The molecule has 1 amide bonds. The van der Waals surface area contributed by atoms with Gasteiger partial charge in [0.1, 0.15) is 17.4 Å². The van der Waals surface area contributed by atoms with Crippen LogP contribution in [-0.4, -0.2) is 39.8 Å². The van der Waals surface area contributed by atoms with E-state index in [9.17, 15) is 18.4 Å². The van der Waals surface area contributed by atoms with Crippen molar-refractivity contribution in [1.82, 2.24) is 5.32 Å². The third kappa shape index (κ3) is 6.43. The van der Waals surface area contributed by atoms with Crippen LogP contribution in [0.4, 0.5) is 8.78 Å². The van der Waals surface area contributed by atoms with Gasteiger partial charge in [-0.15, -0.1) is 0 Å². The summed E-state index contributed by atoms with van der Waals surface area (Å²) in [6, 6.07) is 5.54. The third-order valence-corrected chi connectivity index (χ3v) is 4.29. The maximum atomic E-state index is 13.8. The van der Waals surface area contributed by atoms with Crippen LogP contribution in [0.15, 0.2) is 36.4 Å². The van der Waals surface area contributed by atoms with Gasteiger partial charge in [0.2, 0.25) is 0 Å². The Bertz CT molecular complexity index is 977. The van der Waals surface area contributed by atoms with Crippen molar-refractivity contribution in [3.63, 3.8) is 0 Å². The zero-order valence-corrected chi connectivity index (χ0v) is 17.5. The standard InChI is InChI=1S/C22H23F2NO6/c1-13(16-7-6-15(23)10-17(16)24)25-21(26)12-31-22(27)8-5-14-9-19(29-3)20(30-4)11-18(14)28-2/h5-11,13H,12H2,1-4H3,(H,25,26)/b8-5+. The van der Waals surface area contributed by atoms with Crippen molar-refractivity contribution in [3.8, 4) is 17.2 Å². The lowest BCUT2D eigenvalue weighted by Crippen LogP contribution is -2.31. The van der Waals surface area contributed by atoms with E-state index in [0.717, 1.165) is 18.2 Å². The first-order valence-corrected chi connectivity index (χ1v) is 9.18. The number of benzene rings is 2.